The first-order valence-electron chi connectivity index (χ1n) is 9.34. The lowest BCUT2D eigenvalue weighted by molar-refractivity contribution is -0.145. The minimum atomic E-state index is -0.505. The Morgan fingerprint density at radius 1 is 1.35 bits per heavy atom. The molecule has 0 aromatic carbocycles. The lowest BCUT2D eigenvalue weighted by atomic mass is 9.97. The van der Waals surface area contributed by atoms with Gasteiger partial charge in [0.05, 0.1) is 18.6 Å². The summed E-state index contributed by atoms with van der Waals surface area (Å²) in [7, 11) is 0. The molecule has 3 atom stereocenters. The van der Waals surface area contributed by atoms with E-state index in [1.165, 1.54) is 0 Å². The predicted octanol–water partition coefficient (Wildman–Crippen LogP) is 1.30. The number of ether oxygens (including phenoxy) is 1. The number of cyclic esters (lactones) is 1. The highest BCUT2D eigenvalue weighted by atomic mass is 16.5. The second kappa shape index (κ2) is 11.7. The number of esters is 1. The van der Waals surface area contributed by atoms with Crippen molar-refractivity contribution >= 4 is 17.8 Å². The quantitative estimate of drug-likeness (QED) is 0.501. The Balaban J connectivity index is 2.83. The summed E-state index contributed by atoms with van der Waals surface area (Å²) >= 11 is 0. The molecule has 7 nitrogen and oxygen atoms in total. The van der Waals surface area contributed by atoms with Crippen molar-refractivity contribution in [2.24, 2.45) is 11.8 Å². The largest absolute Gasteiger partial charge is 0.463 e. The van der Waals surface area contributed by atoms with Crippen molar-refractivity contribution < 1.29 is 24.2 Å². The van der Waals surface area contributed by atoms with E-state index in [9.17, 15) is 14.4 Å². The summed E-state index contributed by atoms with van der Waals surface area (Å²) in [6.07, 6.45) is 6.10. The first kappa shape index (κ1) is 22.2. The van der Waals surface area contributed by atoms with E-state index in [4.69, 9.17) is 9.84 Å². The van der Waals surface area contributed by atoms with E-state index in [0.717, 1.165) is 6.42 Å². The number of aliphatic hydroxyl groups is 1. The molecule has 2 amide bonds. The van der Waals surface area contributed by atoms with Crippen molar-refractivity contribution in [3.05, 3.63) is 12.2 Å². The fourth-order valence-corrected chi connectivity index (χ4v) is 2.59. The lowest BCUT2D eigenvalue weighted by Gasteiger charge is -2.25. The van der Waals surface area contributed by atoms with Crippen LogP contribution in [0.4, 0.5) is 0 Å². The van der Waals surface area contributed by atoms with Gasteiger partial charge in [-0.3, -0.25) is 14.4 Å². The van der Waals surface area contributed by atoms with Crippen molar-refractivity contribution in [3.8, 4) is 0 Å². The maximum absolute atomic E-state index is 12.7. The maximum atomic E-state index is 12.7. The van der Waals surface area contributed by atoms with E-state index in [1.54, 1.807) is 6.92 Å². The fraction of sp³-hybridized carbons (Fsp3) is 0.737. The van der Waals surface area contributed by atoms with Gasteiger partial charge in [0.2, 0.25) is 11.8 Å². The zero-order valence-electron chi connectivity index (χ0n) is 16.0. The Bertz CT molecular complexity index is 504. The van der Waals surface area contributed by atoms with Gasteiger partial charge in [0.25, 0.3) is 0 Å². The first-order chi connectivity index (χ1) is 12.3. The predicted molar refractivity (Wildman–Crippen MR) is 98.1 cm³/mol. The monoisotopic (exact) mass is 368 g/mol. The van der Waals surface area contributed by atoms with Crippen LogP contribution in [-0.4, -0.2) is 48.2 Å². The Kier molecular flexibility index (Phi) is 9.95. The number of nitrogens with one attached hydrogen (secondary N) is 2. The number of amides is 2. The molecule has 0 aromatic heterocycles. The van der Waals surface area contributed by atoms with Gasteiger partial charge in [-0.1, -0.05) is 26.0 Å². The van der Waals surface area contributed by atoms with Gasteiger partial charge in [-0.2, -0.15) is 0 Å². The van der Waals surface area contributed by atoms with Gasteiger partial charge < -0.3 is 20.5 Å². The Hall–Kier alpha value is -1.89. The van der Waals surface area contributed by atoms with E-state index in [-0.39, 0.29) is 55.4 Å². The number of hydrogen-bond donors (Lipinski definition) is 3. The Labute approximate surface area is 155 Å². The van der Waals surface area contributed by atoms with Gasteiger partial charge in [-0.15, -0.1) is 0 Å². The molecule has 0 saturated carbocycles. The van der Waals surface area contributed by atoms with Crippen LogP contribution >= 0.6 is 0 Å². The average molecular weight is 368 g/mol. The normalized spacial score (nSPS) is 23.9. The molecule has 0 unspecified atom stereocenters. The van der Waals surface area contributed by atoms with E-state index < -0.39 is 5.92 Å². The second-order valence-electron chi connectivity index (χ2n) is 7.19. The van der Waals surface area contributed by atoms with Gasteiger partial charge in [0.15, 0.2) is 0 Å². The van der Waals surface area contributed by atoms with Gasteiger partial charge in [-0.25, -0.2) is 0 Å². The molecule has 0 aliphatic carbocycles. The van der Waals surface area contributed by atoms with E-state index >= 15 is 0 Å². The van der Waals surface area contributed by atoms with Gasteiger partial charge >= 0.3 is 5.97 Å². The summed E-state index contributed by atoms with van der Waals surface area (Å²) < 4.78 is 5.28. The van der Waals surface area contributed by atoms with Gasteiger partial charge in [0, 0.05) is 18.9 Å². The molecule has 1 heterocycles. The molecule has 0 radical (unpaired) electrons. The molecule has 0 fully saturated rings. The lowest BCUT2D eigenvalue weighted by Crippen LogP contribution is -2.46. The molecule has 26 heavy (non-hydrogen) atoms. The van der Waals surface area contributed by atoms with E-state index in [2.05, 4.69) is 10.6 Å². The topological polar surface area (TPSA) is 105 Å². The van der Waals surface area contributed by atoms with Crippen molar-refractivity contribution in [1.29, 1.82) is 0 Å². The van der Waals surface area contributed by atoms with Gasteiger partial charge in [-0.05, 0) is 32.1 Å². The van der Waals surface area contributed by atoms with E-state index in [0.29, 0.717) is 19.3 Å². The van der Waals surface area contributed by atoms with Crippen LogP contribution in [0, 0.1) is 11.8 Å². The number of carbonyl (C=O) groups excluding carboxylic acids is 3. The van der Waals surface area contributed by atoms with Crippen LogP contribution < -0.4 is 10.6 Å². The highest BCUT2D eigenvalue weighted by Gasteiger charge is 2.26. The number of carbonyl (C=O) groups is 3. The summed E-state index contributed by atoms with van der Waals surface area (Å²) in [6, 6.07) is -0.642. The summed E-state index contributed by atoms with van der Waals surface area (Å²) in [6.45, 7) is 5.58. The van der Waals surface area contributed by atoms with Crippen LogP contribution in [0.25, 0.3) is 0 Å². The SMILES string of the molecule is CC(C)[C@H]1COC(=O)CCCC=CC[C@H](CC(=O)N[C@H](C)CO)C(=O)N1. The minimum Gasteiger partial charge on any atom is -0.463 e. The standard InChI is InChI=1S/C19H32N2O5/c1-13(2)16-12-26-18(24)9-7-5-4-6-8-15(19(25)21-16)10-17(23)20-14(3)11-22/h4,6,13-16,22H,5,7-12H2,1-3H3,(H,20,23)(H,21,25)/t14-,15-,16-/m1/s1. The smallest absolute Gasteiger partial charge is 0.305 e. The van der Waals surface area contributed by atoms with Crippen molar-refractivity contribution in [2.45, 2.75) is 65.0 Å². The fourth-order valence-electron chi connectivity index (χ4n) is 2.59. The van der Waals surface area contributed by atoms with E-state index in [1.807, 2.05) is 26.0 Å². The van der Waals surface area contributed by atoms with Crippen LogP contribution in [0.1, 0.15) is 52.9 Å². The Morgan fingerprint density at radius 2 is 2.08 bits per heavy atom. The third-order valence-electron chi connectivity index (χ3n) is 4.38. The molecule has 0 bridgehead atoms. The average Bonchev–Trinajstić information content (AvgIpc) is 2.60. The summed E-state index contributed by atoms with van der Waals surface area (Å²) in [4.78, 5) is 36.6. The molecule has 1 aliphatic heterocycles. The van der Waals surface area contributed by atoms with Crippen molar-refractivity contribution in [2.75, 3.05) is 13.2 Å². The molecule has 148 valence electrons. The number of rotatable bonds is 5. The first-order valence-corrected chi connectivity index (χ1v) is 9.34. The maximum Gasteiger partial charge on any atom is 0.305 e. The second-order valence-corrected chi connectivity index (χ2v) is 7.19. The van der Waals surface area contributed by atoms with Crippen LogP contribution in [0.2, 0.25) is 0 Å². The van der Waals surface area contributed by atoms with Crippen LogP contribution in [0.3, 0.4) is 0 Å². The van der Waals surface area contributed by atoms with Crippen LogP contribution in [0.15, 0.2) is 12.2 Å². The minimum absolute atomic E-state index is 0.0467. The summed E-state index contributed by atoms with van der Waals surface area (Å²) in [5.74, 6) is -1.16. The Morgan fingerprint density at radius 3 is 2.73 bits per heavy atom. The van der Waals surface area contributed by atoms with Crippen molar-refractivity contribution in [1.82, 2.24) is 10.6 Å². The third-order valence-corrected chi connectivity index (χ3v) is 4.38. The zero-order valence-corrected chi connectivity index (χ0v) is 16.0. The van der Waals surface area contributed by atoms with Crippen molar-refractivity contribution in [3.63, 3.8) is 0 Å². The number of hydrogen-bond acceptors (Lipinski definition) is 5. The highest BCUT2D eigenvalue weighted by molar-refractivity contribution is 5.86. The molecular weight excluding hydrogens is 336 g/mol. The molecule has 7 heteroatoms. The molecular formula is C19H32N2O5. The third kappa shape index (κ3) is 8.47. The molecule has 0 saturated heterocycles. The number of allylic oxidation sites excluding steroid dienone is 2. The molecule has 1 aliphatic rings. The summed E-state index contributed by atoms with van der Waals surface area (Å²) in [5.41, 5.74) is 0. The molecule has 0 spiro atoms. The molecule has 1 rings (SSSR count). The summed E-state index contributed by atoms with van der Waals surface area (Å²) in [5, 5.41) is 14.6. The molecule has 3 N–H and O–H groups in total. The van der Waals surface area contributed by atoms with Crippen LogP contribution in [-0.2, 0) is 19.1 Å². The highest BCUT2D eigenvalue weighted by Crippen LogP contribution is 2.14. The zero-order chi connectivity index (χ0) is 19.5. The number of aliphatic hydroxyl groups excluding tert-OH is 1. The van der Waals surface area contributed by atoms with Crippen LogP contribution in [0.5, 0.6) is 0 Å². The molecule has 0 aromatic rings. The van der Waals surface area contributed by atoms with Gasteiger partial charge in [0.1, 0.15) is 6.61 Å².